The Labute approximate surface area is 100 Å². The second-order valence-corrected chi connectivity index (χ2v) is 4.21. The van der Waals surface area contributed by atoms with E-state index >= 15 is 0 Å². The van der Waals surface area contributed by atoms with Crippen molar-refractivity contribution in [1.82, 2.24) is 9.78 Å². The van der Waals surface area contributed by atoms with Crippen LogP contribution in [0.5, 0.6) is 11.5 Å². The highest BCUT2D eigenvalue weighted by molar-refractivity contribution is 9.10. The van der Waals surface area contributed by atoms with Crippen LogP contribution in [0.4, 0.5) is 5.82 Å². The highest BCUT2D eigenvalue weighted by Gasteiger charge is 2.17. The van der Waals surface area contributed by atoms with Crippen LogP contribution in [-0.4, -0.2) is 20.0 Å². The van der Waals surface area contributed by atoms with E-state index in [1.165, 1.54) is 16.9 Å². The number of phenols is 2. The molecule has 5 nitrogen and oxygen atoms in total. The predicted molar refractivity (Wildman–Crippen MR) is 64.1 cm³/mol. The Morgan fingerprint density at radius 3 is 2.62 bits per heavy atom. The summed E-state index contributed by atoms with van der Waals surface area (Å²) >= 11 is 3.30. The summed E-state index contributed by atoms with van der Waals surface area (Å²) in [5, 5.41) is 23.2. The van der Waals surface area contributed by atoms with Crippen molar-refractivity contribution in [2.45, 2.75) is 0 Å². The molecule has 1 heterocycles. The van der Waals surface area contributed by atoms with Gasteiger partial charge in [0.25, 0.3) is 0 Å². The van der Waals surface area contributed by atoms with Crippen LogP contribution in [0.3, 0.4) is 0 Å². The zero-order chi connectivity index (χ0) is 11.9. The molecule has 0 aliphatic heterocycles. The summed E-state index contributed by atoms with van der Waals surface area (Å²) in [6.07, 6.45) is 1.54. The van der Waals surface area contributed by atoms with Gasteiger partial charge in [0.2, 0.25) is 0 Å². The molecular formula is C10H10BrN3O2. The van der Waals surface area contributed by atoms with Crippen LogP contribution in [0.2, 0.25) is 0 Å². The largest absolute Gasteiger partial charge is 0.504 e. The van der Waals surface area contributed by atoms with Crippen molar-refractivity contribution >= 4 is 21.7 Å². The minimum atomic E-state index is -0.214. The van der Waals surface area contributed by atoms with Gasteiger partial charge in [-0.2, -0.15) is 5.10 Å². The molecule has 0 spiro atoms. The molecule has 0 unspecified atom stereocenters. The van der Waals surface area contributed by atoms with Crippen LogP contribution in [0.1, 0.15) is 0 Å². The maximum absolute atomic E-state index is 9.79. The van der Waals surface area contributed by atoms with Crippen molar-refractivity contribution < 1.29 is 10.2 Å². The molecule has 84 valence electrons. The summed E-state index contributed by atoms with van der Waals surface area (Å²) in [6.45, 7) is 0. The number of nitrogens with two attached hydrogens (primary N) is 1. The zero-order valence-corrected chi connectivity index (χ0v) is 10.1. The Kier molecular flexibility index (Phi) is 2.51. The number of aromatic hydroxyl groups is 2. The Balaban J connectivity index is 2.73. The number of nitrogens with zero attached hydrogens (tertiary/aromatic N) is 2. The Bertz CT molecular complexity index is 551. The van der Waals surface area contributed by atoms with Crippen molar-refractivity contribution in [2.75, 3.05) is 5.73 Å². The van der Waals surface area contributed by atoms with E-state index in [4.69, 9.17) is 5.73 Å². The average molecular weight is 284 g/mol. The highest BCUT2D eigenvalue weighted by Crippen LogP contribution is 2.43. The van der Waals surface area contributed by atoms with Crippen molar-refractivity contribution in [3.63, 3.8) is 0 Å². The third-order valence-electron chi connectivity index (χ3n) is 2.36. The van der Waals surface area contributed by atoms with Crippen LogP contribution >= 0.6 is 15.9 Å². The molecule has 2 rings (SSSR count). The van der Waals surface area contributed by atoms with Gasteiger partial charge >= 0.3 is 0 Å². The smallest absolute Gasteiger partial charge is 0.166 e. The standard InChI is InChI=1S/C10H10BrN3O2/c1-14-10(12)5(4-13-14)8-6(11)2-3-7(15)9(8)16/h2-4,15-16H,12H2,1H3. The van der Waals surface area contributed by atoms with Gasteiger partial charge < -0.3 is 15.9 Å². The number of hydrogen-bond donors (Lipinski definition) is 3. The molecule has 0 amide bonds. The third-order valence-corrected chi connectivity index (χ3v) is 3.02. The summed E-state index contributed by atoms with van der Waals surface area (Å²) in [6, 6.07) is 3.03. The van der Waals surface area contributed by atoms with E-state index < -0.39 is 0 Å². The summed E-state index contributed by atoms with van der Waals surface area (Å²) in [7, 11) is 1.70. The van der Waals surface area contributed by atoms with Gasteiger partial charge in [0, 0.05) is 22.6 Å². The van der Waals surface area contributed by atoms with Gasteiger partial charge in [0.05, 0.1) is 6.20 Å². The lowest BCUT2D eigenvalue weighted by Crippen LogP contribution is -1.98. The maximum Gasteiger partial charge on any atom is 0.166 e. The molecular weight excluding hydrogens is 274 g/mol. The first-order valence-corrected chi connectivity index (χ1v) is 5.30. The summed E-state index contributed by atoms with van der Waals surface area (Å²) in [5.74, 6) is 0.0112. The molecule has 0 radical (unpaired) electrons. The molecule has 2 aromatic rings. The number of anilines is 1. The van der Waals surface area contributed by atoms with Crippen LogP contribution < -0.4 is 5.73 Å². The summed E-state index contributed by atoms with van der Waals surface area (Å²) in [4.78, 5) is 0. The molecule has 0 fully saturated rings. The van der Waals surface area contributed by atoms with Gasteiger partial charge in [-0.15, -0.1) is 0 Å². The number of aromatic nitrogens is 2. The molecule has 0 bridgehead atoms. The zero-order valence-electron chi connectivity index (χ0n) is 8.48. The van der Waals surface area contributed by atoms with Crippen molar-refractivity contribution in [2.24, 2.45) is 7.05 Å². The minimum Gasteiger partial charge on any atom is -0.504 e. The first-order chi connectivity index (χ1) is 7.52. The molecule has 0 aliphatic rings. The van der Waals surface area contributed by atoms with Gasteiger partial charge in [-0.3, -0.25) is 4.68 Å². The number of hydrogen-bond acceptors (Lipinski definition) is 4. The molecule has 0 saturated carbocycles. The monoisotopic (exact) mass is 283 g/mol. The fourth-order valence-electron chi connectivity index (χ4n) is 1.45. The fraction of sp³-hybridized carbons (Fsp3) is 0.100. The van der Waals surface area contributed by atoms with Crippen molar-refractivity contribution in [3.05, 3.63) is 22.8 Å². The maximum atomic E-state index is 9.79. The van der Waals surface area contributed by atoms with E-state index in [-0.39, 0.29) is 11.5 Å². The topological polar surface area (TPSA) is 84.3 Å². The van der Waals surface area contributed by atoms with Crippen LogP contribution in [-0.2, 0) is 7.05 Å². The first kappa shape index (κ1) is 10.8. The normalized spacial score (nSPS) is 10.6. The van der Waals surface area contributed by atoms with Gasteiger partial charge in [-0.1, -0.05) is 15.9 Å². The van der Waals surface area contributed by atoms with Crippen LogP contribution in [0.25, 0.3) is 11.1 Å². The SMILES string of the molecule is Cn1ncc(-c2c(Br)ccc(O)c2O)c1N. The summed E-state index contributed by atoms with van der Waals surface area (Å²) < 4.78 is 2.13. The number of halogens is 1. The number of aryl methyl sites for hydroxylation is 1. The van der Waals surface area contributed by atoms with E-state index in [1.807, 2.05) is 0 Å². The van der Waals surface area contributed by atoms with E-state index in [0.717, 1.165) is 0 Å². The molecule has 1 aromatic carbocycles. The predicted octanol–water partition coefficient (Wildman–Crippen LogP) is 1.84. The fourth-order valence-corrected chi connectivity index (χ4v) is 1.98. The van der Waals surface area contributed by atoms with Gasteiger partial charge in [-0.25, -0.2) is 0 Å². The lowest BCUT2D eigenvalue weighted by atomic mass is 10.1. The van der Waals surface area contributed by atoms with E-state index in [0.29, 0.717) is 21.4 Å². The molecule has 0 atom stereocenters. The lowest BCUT2D eigenvalue weighted by Gasteiger charge is -2.08. The lowest BCUT2D eigenvalue weighted by molar-refractivity contribution is 0.405. The Morgan fingerprint density at radius 2 is 2.06 bits per heavy atom. The van der Waals surface area contributed by atoms with Crippen LogP contribution in [0, 0.1) is 0 Å². The number of phenolic OH excluding ortho intramolecular Hbond substituents is 2. The van der Waals surface area contributed by atoms with E-state index in [9.17, 15) is 10.2 Å². The quantitative estimate of drug-likeness (QED) is 0.698. The molecule has 6 heteroatoms. The molecule has 4 N–H and O–H groups in total. The van der Waals surface area contributed by atoms with Crippen molar-refractivity contribution in [1.29, 1.82) is 0 Å². The number of benzene rings is 1. The highest BCUT2D eigenvalue weighted by atomic mass is 79.9. The third kappa shape index (κ3) is 1.51. The van der Waals surface area contributed by atoms with Gasteiger partial charge in [0.1, 0.15) is 5.82 Å². The molecule has 16 heavy (non-hydrogen) atoms. The average Bonchev–Trinajstić information content (AvgIpc) is 2.56. The Hall–Kier alpha value is -1.69. The first-order valence-electron chi connectivity index (χ1n) is 4.50. The number of nitrogen functional groups attached to an aromatic ring is 1. The van der Waals surface area contributed by atoms with Crippen molar-refractivity contribution in [3.8, 4) is 22.6 Å². The van der Waals surface area contributed by atoms with E-state index in [1.54, 1.807) is 13.1 Å². The van der Waals surface area contributed by atoms with Crippen LogP contribution in [0.15, 0.2) is 22.8 Å². The second-order valence-electron chi connectivity index (χ2n) is 3.36. The Morgan fingerprint density at radius 1 is 1.38 bits per heavy atom. The minimum absolute atomic E-state index is 0.193. The van der Waals surface area contributed by atoms with Gasteiger partial charge in [-0.05, 0) is 12.1 Å². The second kappa shape index (κ2) is 3.71. The van der Waals surface area contributed by atoms with E-state index in [2.05, 4.69) is 21.0 Å². The molecule has 0 aliphatic carbocycles. The number of rotatable bonds is 1. The molecule has 1 aromatic heterocycles. The van der Waals surface area contributed by atoms with Gasteiger partial charge in [0.15, 0.2) is 11.5 Å². The molecule has 0 saturated heterocycles. The summed E-state index contributed by atoms with van der Waals surface area (Å²) in [5.41, 5.74) is 6.82.